The van der Waals surface area contributed by atoms with E-state index in [2.05, 4.69) is 6.07 Å². The van der Waals surface area contributed by atoms with Crippen LogP contribution in [-0.4, -0.2) is 42.4 Å². The summed E-state index contributed by atoms with van der Waals surface area (Å²) in [4.78, 5) is 13.6. The van der Waals surface area contributed by atoms with Crippen molar-refractivity contribution in [1.29, 1.82) is 5.26 Å². The predicted octanol–water partition coefficient (Wildman–Crippen LogP) is 2.32. The fourth-order valence-corrected chi connectivity index (χ4v) is 2.65. The van der Waals surface area contributed by atoms with Crippen LogP contribution >= 0.6 is 0 Å². The molecule has 0 saturated carbocycles. The summed E-state index contributed by atoms with van der Waals surface area (Å²) in [6, 6.07) is 2.14. The number of rotatable bonds is 1. The van der Waals surface area contributed by atoms with Crippen molar-refractivity contribution in [2.24, 2.45) is 5.41 Å². The average Bonchev–Trinajstić information content (AvgIpc) is 2.25. The Labute approximate surface area is 114 Å². The Morgan fingerprint density at radius 3 is 2.68 bits per heavy atom. The van der Waals surface area contributed by atoms with Crippen LogP contribution in [0.25, 0.3) is 0 Å². The van der Waals surface area contributed by atoms with Crippen LogP contribution in [0.5, 0.6) is 0 Å². The Hall–Kier alpha value is -1.28. The summed E-state index contributed by atoms with van der Waals surface area (Å²) < 4.78 is 11.0. The van der Waals surface area contributed by atoms with Gasteiger partial charge in [0.2, 0.25) is 0 Å². The summed E-state index contributed by atoms with van der Waals surface area (Å²) in [5.74, 6) is 0. The van der Waals surface area contributed by atoms with Crippen molar-refractivity contribution in [2.45, 2.75) is 51.7 Å². The molecule has 0 radical (unpaired) electrons. The van der Waals surface area contributed by atoms with Gasteiger partial charge in [-0.05, 0) is 33.6 Å². The molecule has 5 heteroatoms. The Bertz CT molecular complexity index is 378. The van der Waals surface area contributed by atoms with Gasteiger partial charge >= 0.3 is 6.09 Å². The quantitative estimate of drug-likeness (QED) is 0.730. The normalized spacial score (nSPS) is 25.6. The minimum Gasteiger partial charge on any atom is -0.444 e. The topological polar surface area (TPSA) is 62.6 Å². The van der Waals surface area contributed by atoms with Gasteiger partial charge in [-0.15, -0.1) is 0 Å². The second-order valence-electron chi connectivity index (χ2n) is 6.67. The molecule has 19 heavy (non-hydrogen) atoms. The van der Waals surface area contributed by atoms with E-state index in [-0.39, 0.29) is 17.6 Å². The van der Waals surface area contributed by atoms with Gasteiger partial charge in [0.15, 0.2) is 0 Å². The maximum Gasteiger partial charge on any atom is 0.410 e. The molecule has 1 unspecified atom stereocenters. The Morgan fingerprint density at radius 1 is 1.53 bits per heavy atom. The fourth-order valence-electron chi connectivity index (χ4n) is 2.65. The smallest absolute Gasteiger partial charge is 0.410 e. The third-order valence-corrected chi connectivity index (χ3v) is 3.65. The molecular weight excluding hydrogens is 244 g/mol. The van der Waals surface area contributed by atoms with Crippen LogP contribution in [0.4, 0.5) is 4.79 Å². The van der Waals surface area contributed by atoms with E-state index in [1.54, 1.807) is 4.90 Å². The third-order valence-electron chi connectivity index (χ3n) is 3.65. The third kappa shape index (κ3) is 3.38. The van der Waals surface area contributed by atoms with Gasteiger partial charge < -0.3 is 14.4 Å². The fraction of sp³-hybridized carbons (Fsp3) is 0.857. The molecule has 2 aliphatic heterocycles. The van der Waals surface area contributed by atoms with Gasteiger partial charge in [0.1, 0.15) is 5.60 Å². The first kappa shape index (κ1) is 14.1. The molecule has 0 aromatic rings. The van der Waals surface area contributed by atoms with E-state index >= 15 is 0 Å². The molecule has 0 aliphatic carbocycles. The Morgan fingerprint density at radius 2 is 2.21 bits per heavy atom. The van der Waals surface area contributed by atoms with Gasteiger partial charge in [-0.1, -0.05) is 0 Å². The molecule has 106 valence electrons. The first-order chi connectivity index (χ1) is 8.84. The van der Waals surface area contributed by atoms with E-state index < -0.39 is 5.60 Å². The number of amides is 1. The van der Waals surface area contributed by atoms with Crippen molar-refractivity contribution in [3.63, 3.8) is 0 Å². The van der Waals surface area contributed by atoms with Crippen molar-refractivity contribution < 1.29 is 14.3 Å². The minimum absolute atomic E-state index is 0.0752. The van der Waals surface area contributed by atoms with Gasteiger partial charge in [0.25, 0.3) is 0 Å². The molecule has 1 amide bonds. The second-order valence-corrected chi connectivity index (χ2v) is 6.67. The van der Waals surface area contributed by atoms with Gasteiger partial charge in [-0.3, -0.25) is 0 Å². The summed E-state index contributed by atoms with van der Waals surface area (Å²) in [6.45, 7) is 7.69. The lowest BCUT2D eigenvalue weighted by atomic mass is 9.74. The van der Waals surface area contributed by atoms with Crippen LogP contribution in [0.1, 0.15) is 40.0 Å². The number of ether oxygens (including phenoxy) is 2. The second kappa shape index (κ2) is 5.01. The lowest BCUT2D eigenvalue weighted by molar-refractivity contribution is -0.126. The van der Waals surface area contributed by atoms with E-state index in [0.29, 0.717) is 26.1 Å². The zero-order valence-corrected chi connectivity index (χ0v) is 11.9. The molecule has 1 spiro atoms. The molecule has 2 aliphatic rings. The molecular formula is C14H22N2O3. The first-order valence-electron chi connectivity index (χ1n) is 6.80. The zero-order valence-electron chi connectivity index (χ0n) is 11.9. The highest BCUT2D eigenvalue weighted by atomic mass is 16.6. The summed E-state index contributed by atoms with van der Waals surface area (Å²) in [5.41, 5.74) is -0.344. The van der Waals surface area contributed by atoms with E-state index in [4.69, 9.17) is 14.7 Å². The summed E-state index contributed by atoms with van der Waals surface area (Å²) in [7, 11) is 0. The maximum atomic E-state index is 11.9. The van der Waals surface area contributed by atoms with Crippen LogP contribution in [0.3, 0.4) is 0 Å². The standard InChI is InChI=1S/C14H22N2O3/c1-13(2,3)19-12(17)16-8-14(9-16)6-4-11(5-7-15)18-10-14/h11H,4-6,8-10H2,1-3H3. The highest BCUT2D eigenvalue weighted by Crippen LogP contribution is 2.40. The summed E-state index contributed by atoms with van der Waals surface area (Å²) >= 11 is 0. The minimum atomic E-state index is -0.444. The highest BCUT2D eigenvalue weighted by molar-refractivity contribution is 5.69. The largest absolute Gasteiger partial charge is 0.444 e. The van der Waals surface area contributed by atoms with Crippen LogP contribution in [-0.2, 0) is 9.47 Å². The molecule has 1 atom stereocenters. The Balaban J connectivity index is 1.77. The highest BCUT2D eigenvalue weighted by Gasteiger charge is 2.48. The van der Waals surface area contributed by atoms with Crippen molar-refractivity contribution in [3.8, 4) is 6.07 Å². The SMILES string of the molecule is CC(C)(C)OC(=O)N1CC2(CCC(CC#N)OC2)C1. The number of carbonyl (C=O) groups excluding carboxylic acids is 1. The number of likely N-dealkylation sites (tertiary alicyclic amines) is 1. The molecule has 5 nitrogen and oxygen atoms in total. The lowest BCUT2D eigenvalue weighted by Gasteiger charge is -2.52. The van der Waals surface area contributed by atoms with Crippen molar-refractivity contribution in [3.05, 3.63) is 0 Å². The van der Waals surface area contributed by atoms with Crippen LogP contribution < -0.4 is 0 Å². The van der Waals surface area contributed by atoms with Crippen molar-refractivity contribution in [1.82, 2.24) is 4.90 Å². The molecule has 2 fully saturated rings. The van der Waals surface area contributed by atoms with Crippen molar-refractivity contribution >= 4 is 6.09 Å². The number of hydrogen-bond acceptors (Lipinski definition) is 4. The van der Waals surface area contributed by atoms with E-state index in [1.807, 2.05) is 20.8 Å². The molecule has 2 rings (SSSR count). The number of nitrogens with zero attached hydrogens (tertiary/aromatic N) is 2. The first-order valence-corrected chi connectivity index (χ1v) is 6.80. The molecule has 0 aromatic heterocycles. The summed E-state index contributed by atoms with van der Waals surface area (Å²) in [6.07, 6.45) is 2.24. The van der Waals surface area contributed by atoms with Gasteiger partial charge in [0, 0.05) is 18.5 Å². The number of hydrogen-bond donors (Lipinski definition) is 0. The molecule has 0 N–H and O–H groups in total. The van der Waals surface area contributed by atoms with Crippen LogP contribution in [0.2, 0.25) is 0 Å². The average molecular weight is 266 g/mol. The van der Waals surface area contributed by atoms with E-state index in [1.165, 1.54) is 0 Å². The maximum absolute atomic E-state index is 11.9. The lowest BCUT2D eigenvalue weighted by Crippen LogP contribution is -2.62. The Kier molecular flexibility index (Phi) is 3.73. The molecule has 2 saturated heterocycles. The van der Waals surface area contributed by atoms with Crippen molar-refractivity contribution in [2.75, 3.05) is 19.7 Å². The molecule has 0 bridgehead atoms. The number of carbonyl (C=O) groups is 1. The monoisotopic (exact) mass is 266 g/mol. The van der Waals surface area contributed by atoms with Gasteiger partial charge in [0.05, 0.1) is 25.2 Å². The van der Waals surface area contributed by atoms with Gasteiger partial charge in [-0.2, -0.15) is 5.26 Å². The number of nitriles is 1. The molecule has 2 heterocycles. The zero-order chi connectivity index (χ0) is 14.1. The van der Waals surface area contributed by atoms with E-state index in [9.17, 15) is 4.79 Å². The van der Waals surface area contributed by atoms with Gasteiger partial charge in [-0.25, -0.2) is 4.79 Å². The summed E-state index contributed by atoms with van der Waals surface area (Å²) in [5, 5.41) is 8.64. The molecule has 0 aromatic carbocycles. The predicted molar refractivity (Wildman–Crippen MR) is 69.4 cm³/mol. The van der Waals surface area contributed by atoms with E-state index in [0.717, 1.165) is 12.8 Å². The van der Waals surface area contributed by atoms with Crippen LogP contribution in [0.15, 0.2) is 0 Å². The van der Waals surface area contributed by atoms with Crippen LogP contribution in [0, 0.1) is 16.7 Å².